The molecule has 18 heavy (non-hydrogen) atoms. The molecule has 1 aromatic heterocycles. The lowest BCUT2D eigenvalue weighted by Gasteiger charge is -2.12. The highest BCUT2D eigenvalue weighted by Gasteiger charge is 2.18. The largest absolute Gasteiger partial charge is 0.496 e. The van der Waals surface area contributed by atoms with Crippen molar-refractivity contribution in [1.29, 1.82) is 0 Å². The van der Waals surface area contributed by atoms with Gasteiger partial charge in [-0.25, -0.2) is 0 Å². The standard InChI is InChI=1S/C12H13N3O3/c1-17-8-4-3-5-9(18-2)11(8)12(16)14-10-6-7-13-15-10/h3-7H,1-2H3,(H2,13,14,15,16). The van der Waals surface area contributed by atoms with Crippen LogP contribution in [0.25, 0.3) is 0 Å². The molecule has 2 aromatic rings. The number of benzene rings is 1. The second-order valence-corrected chi connectivity index (χ2v) is 3.46. The molecule has 0 saturated heterocycles. The molecule has 94 valence electrons. The first-order valence-electron chi connectivity index (χ1n) is 5.28. The van der Waals surface area contributed by atoms with E-state index in [0.717, 1.165) is 0 Å². The monoisotopic (exact) mass is 247 g/mol. The van der Waals surface area contributed by atoms with Gasteiger partial charge >= 0.3 is 0 Å². The number of methoxy groups -OCH3 is 2. The Morgan fingerprint density at radius 1 is 1.22 bits per heavy atom. The summed E-state index contributed by atoms with van der Waals surface area (Å²) in [6.45, 7) is 0. The summed E-state index contributed by atoms with van der Waals surface area (Å²) in [7, 11) is 3.00. The normalized spacial score (nSPS) is 9.89. The Morgan fingerprint density at radius 2 is 1.89 bits per heavy atom. The Morgan fingerprint density at radius 3 is 2.39 bits per heavy atom. The number of H-pyrrole nitrogens is 1. The van der Waals surface area contributed by atoms with Gasteiger partial charge in [0.1, 0.15) is 22.9 Å². The van der Waals surface area contributed by atoms with E-state index >= 15 is 0 Å². The summed E-state index contributed by atoms with van der Waals surface area (Å²) >= 11 is 0. The predicted octanol–water partition coefficient (Wildman–Crippen LogP) is 1.68. The molecule has 1 amide bonds. The van der Waals surface area contributed by atoms with Crippen molar-refractivity contribution in [3.8, 4) is 11.5 Å². The number of rotatable bonds is 4. The molecule has 0 bridgehead atoms. The topological polar surface area (TPSA) is 76.2 Å². The Balaban J connectivity index is 2.33. The van der Waals surface area contributed by atoms with E-state index in [1.807, 2.05) is 0 Å². The number of hydrogen-bond acceptors (Lipinski definition) is 4. The van der Waals surface area contributed by atoms with Gasteiger partial charge in [-0.3, -0.25) is 9.89 Å². The van der Waals surface area contributed by atoms with Crippen LogP contribution >= 0.6 is 0 Å². The third-order valence-electron chi connectivity index (χ3n) is 2.40. The first-order valence-corrected chi connectivity index (χ1v) is 5.28. The Kier molecular flexibility index (Phi) is 3.47. The zero-order valence-corrected chi connectivity index (χ0v) is 10.1. The fourth-order valence-corrected chi connectivity index (χ4v) is 1.59. The molecule has 2 rings (SSSR count). The summed E-state index contributed by atoms with van der Waals surface area (Å²) in [6.07, 6.45) is 1.55. The van der Waals surface area contributed by atoms with Gasteiger partial charge in [-0.15, -0.1) is 0 Å². The van der Waals surface area contributed by atoms with E-state index in [4.69, 9.17) is 9.47 Å². The second-order valence-electron chi connectivity index (χ2n) is 3.46. The van der Waals surface area contributed by atoms with Crippen LogP contribution in [0.5, 0.6) is 11.5 Å². The third kappa shape index (κ3) is 2.27. The highest BCUT2D eigenvalue weighted by Crippen LogP contribution is 2.28. The summed E-state index contributed by atoms with van der Waals surface area (Å²) in [4.78, 5) is 12.2. The first kappa shape index (κ1) is 12.0. The molecular weight excluding hydrogens is 234 g/mol. The summed E-state index contributed by atoms with van der Waals surface area (Å²) in [5.41, 5.74) is 0.345. The molecule has 1 aromatic carbocycles. The third-order valence-corrected chi connectivity index (χ3v) is 2.40. The number of anilines is 1. The van der Waals surface area contributed by atoms with Crippen LogP contribution in [0.3, 0.4) is 0 Å². The van der Waals surface area contributed by atoms with Gasteiger partial charge in [-0.2, -0.15) is 5.10 Å². The van der Waals surface area contributed by atoms with Crippen molar-refractivity contribution in [2.45, 2.75) is 0 Å². The highest BCUT2D eigenvalue weighted by molar-refractivity contribution is 6.07. The molecule has 0 saturated carbocycles. The number of aromatic nitrogens is 2. The van der Waals surface area contributed by atoms with Gasteiger partial charge in [-0.1, -0.05) is 6.07 Å². The van der Waals surface area contributed by atoms with E-state index in [1.54, 1.807) is 30.5 Å². The molecule has 1 heterocycles. The van der Waals surface area contributed by atoms with Crippen LogP contribution < -0.4 is 14.8 Å². The number of nitrogens with zero attached hydrogens (tertiary/aromatic N) is 1. The zero-order chi connectivity index (χ0) is 13.0. The number of ether oxygens (including phenoxy) is 2. The molecule has 0 aliphatic rings. The lowest BCUT2D eigenvalue weighted by Crippen LogP contribution is -2.14. The highest BCUT2D eigenvalue weighted by atomic mass is 16.5. The number of carbonyl (C=O) groups excluding carboxylic acids is 1. The summed E-state index contributed by atoms with van der Waals surface area (Å²) in [5.74, 6) is 1.08. The Hall–Kier alpha value is -2.50. The van der Waals surface area contributed by atoms with Gasteiger partial charge in [0.15, 0.2) is 0 Å². The van der Waals surface area contributed by atoms with E-state index in [0.29, 0.717) is 22.9 Å². The van der Waals surface area contributed by atoms with Crippen molar-refractivity contribution >= 4 is 11.7 Å². The number of nitrogens with one attached hydrogen (secondary N) is 2. The maximum atomic E-state index is 12.2. The van der Waals surface area contributed by atoms with Crippen molar-refractivity contribution in [2.75, 3.05) is 19.5 Å². The second kappa shape index (κ2) is 5.22. The average molecular weight is 247 g/mol. The molecule has 6 nitrogen and oxygen atoms in total. The van der Waals surface area contributed by atoms with Crippen molar-refractivity contribution in [2.24, 2.45) is 0 Å². The zero-order valence-electron chi connectivity index (χ0n) is 10.1. The van der Waals surface area contributed by atoms with Gasteiger partial charge in [0.2, 0.25) is 0 Å². The molecule has 6 heteroatoms. The first-order chi connectivity index (χ1) is 8.76. The maximum absolute atomic E-state index is 12.2. The summed E-state index contributed by atoms with van der Waals surface area (Å²) < 4.78 is 10.3. The minimum Gasteiger partial charge on any atom is -0.496 e. The molecule has 0 aliphatic carbocycles. The van der Waals surface area contributed by atoms with Crippen molar-refractivity contribution in [1.82, 2.24) is 10.2 Å². The van der Waals surface area contributed by atoms with Crippen LogP contribution in [-0.4, -0.2) is 30.3 Å². The number of amides is 1. The van der Waals surface area contributed by atoms with Crippen LogP contribution in [0.4, 0.5) is 5.82 Å². The minimum absolute atomic E-state index is 0.325. The van der Waals surface area contributed by atoms with Crippen molar-refractivity contribution in [3.05, 3.63) is 36.0 Å². The SMILES string of the molecule is COc1cccc(OC)c1C(=O)Nc1ccn[nH]1. The van der Waals surface area contributed by atoms with E-state index in [9.17, 15) is 4.79 Å². The minimum atomic E-state index is -0.325. The molecule has 0 spiro atoms. The number of aromatic amines is 1. The van der Waals surface area contributed by atoms with E-state index in [2.05, 4.69) is 15.5 Å². The fraction of sp³-hybridized carbons (Fsp3) is 0.167. The van der Waals surface area contributed by atoms with Gasteiger partial charge < -0.3 is 14.8 Å². The molecule has 0 fully saturated rings. The van der Waals surface area contributed by atoms with Gasteiger partial charge in [0, 0.05) is 6.07 Å². The fourth-order valence-electron chi connectivity index (χ4n) is 1.59. The lowest BCUT2D eigenvalue weighted by molar-refractivity contribution is 0.102. The summed E-state index contributed by atoms with van der Waals surface area (Å²) in [5, 5.41) is 9.07. The van der Waals surface area contributed by atoms with Crippen LogP contribution in [0.2, 0.25) is 0 Å². The quantitative estimate of drug-likeness (QED) is 0.861. The van der Waals surface area contributed by atoms with Gasteiger partial charge in [0.05, 0.1) is 20.4 Å². The van der Waals surface area contributed by atoms with Crippen molar-refractivity contribution in [3.63, 3.8) is 0 Å². The smallest absolute Gasteiger partial charge is 0.264 e. The van der Waals surface area contributed by atoms with Gasteiger partial charge in [0.25, 0.3) is 5.91 Å². The van der Waals surface area contributed by atoms with E-state index in [-0.39, 0.29) is 5.91 Å². The van der Waals surface area contributed by atoms with E-state index < -0.39 is 0 Å². The number of hydrogen-bond donors (Lipinski definition) is 2. The predicted molar refractivity (Wildman–Crippen MR) is 66.1 cm³/mol. The maximum Gasteiger partial charge on any atom is 0.264 e. The van der Waals surface area contributed by atoms with Crippen molar-refractivity contribution < 1.29 is 14.3 Å². The molecule has 0 radical (unpaired) electrons. The molecule has 0 aliphatic heterocycles. The number of carbonyl (C=O) groups is 1. The Labute approximate surface area is 104 Å². The molecular formula is C12H13N3O3. The molecule has 0 unspecified atom stereocenters. The van der Waals surface area contributed by atoms with Crippen LogP contribution in [-0.2, 0) is 0 Å². The summed E-state index contributed by atoms with van der Waals surface area (Å²) in [6, 6.07) is 6.80. The van der Waals surface area contributed by atoms with Crippen LogP contribution in [0, 0.1) is 0 Å². The van der Waals surface area contributed by atoms with E-state index in [1.165, 1.54) is 14.2 Å². The Bertz CT molecular complexity index is 515. The van der Waals surface area contributed by atoms with Crippen LogP contribution in [0.15, 0.2) is 30.5 Å². The lowest BCUT2D eigenvalue weighted by atomic mass is 10.1. The molecule has 0 atom stereocenters. The average Bonchev–Trinajstić information content (AvgIpc) is 2.90. The van der Waals surface area contributed by atoms with Gasteiger partial charge in [-0.05, 0) is 12.1 Å². The molecule has 2 N–H and O–H groups in total. The van der Waals surface area contributed by atoms with Crippen LogP contribution in [0.1, 0.15) is 10.4 Å².